The van der Waals surface area contributed by atoms with Gasteiger partial charge in [0.1, 0.15) is 17.2 Å². The van der Waals surface area contributed by atoms with E-state index in [1.54, 1.807) is 39.0 Å². The summed E-state index contributed by atoms with van der Waals surface area (Å²) < 4.78 is 11.7. The molecular formula is C24H25N7O5. The smallest absolute Gasteiger partial charge is 0.273 e. The molecular weight excluding hydrogens is 466 g/mol. The van der Waals surface area contributed by atoms with Crippen molar-refractivity contribution in [3.05, 3.63) is 59.9 Å². The van der Waals surface area contributed by atoms with Crippen LogP contribution in [-0.4, -0.2) is 81.2 Å². The predicted octanol–water partition coefficient (Wildman–Crippen LogP) is 1.93. The summed E-state index contributed by atoms with van der Waals surface area (Å²) in [6, 6.07) is 4.56. The van der Waals surface area contributed by atoms with Gasteiger partial charge in [-0.2, -0.15) is 0 Å². The number of carbonyl (C=O) groups is 3. The lowest BCUT2D eigenvalue weighted by Gasteiger charge is -2.15. The van der Waals surface area contributed by atoms with Crippen molar-refractivity contribution in [1.29, 1.82) is 0 Å². The average molecular weight is 492 g/mol. The van der Waals surface area contributed by atoms with Gasteiger partial charge in [-0.15, -0.1) is 0 Å². The van der Waals surface area contributed by atoms with Gasteiger partial charge in [-0.1, -0.05) is 0 Å². The van der Waals surface area contributed by atoms with Crippen LogP contribution in [0.2, 0.25) is 0 Å². The van der Waals surface area contributed by atoms with E-state index in [4.69, 9.17) is 9.47 Å². The van der Waals surface area contributed by atoms with Gasteiger partial charge < -0.3 is 24.6 Å². The van der Waals surface area contributed by atoms with Crippen LogP contribution in [0.15, 0.2) is 43.0 Å². The number of anilines is 1. The Balaban J connectivity index is 1.59. The zero-order chi connectivity index (χ0) is 25.8. The summed E-state index contributed by atoms with van der Waals surface area (Å²) in [4.78, 5) is 56.8. The van der Waals surface area contributed by atoms with Crippen molar-refractivity contribution in [2.45, 2.75) is 19.4 Å². The predicted molar refractivity (Wildman–Crippen MR) is 128 cm³/mol. The number of nitrogens with one attached hydrogen (secondary N) is 1. The molecule has 12 heteroatoms. The maximum absolute atomic E-state index is 13.0. The number of rotatable bonds is 7. The highest BCUT2D eigenvalue weighted by Gasteiger charge is 2.31. The summed E-state index contributed by atoms with van der Waals surface area (Å²) in [5, 5.41) is 2.67. The van der Waals surface area contributed by atoms with Gasteiger partial charge in [-0.3, -0.25) is 19.4 Å². The van der Waals surface area contributed by atoms with E-state index in [9.17, 15) is 14.4 Å². The Bertz CT molecular complexity index is 1280. The van der Waals surface area contributed by atoms with Crippen LogP contribution in [0.1, 0.15) is 33.0 Å². The number of hydrogen-bond donors (Lipinski definition) is 1. The van der Waals surface area contributed by atoms with Crippen LogP contribution in [0.3, 0.4) is 0 Å². The molecule has 1 aliphatic rings. The quantitative estimate of drug-likeness (QED) is 0.525. The Labute approximate surface area is 207 Å². The minimum atomic E-state index is -0.666. The molecule has 1 aliphatic heterocycles. The molecule has 0 spiro atoms. The van der Waals surface area contributed by atoms with Crippen LogP contribution in [0.25, 0.3) is 0 Å². The summed E-state index contributed by atoms with van der Waals surface area (Å²) in [5.41, 5.74) is 1.08. The molecule has 0 aliphatic carbocycles. The number of aryl methyl sites for hydroxylation is 1. The lowest BCUT2D eigenvalue weighted by molar-refractivity contribution is -0.132. The number of likely N-dealkylation sites (tertiary alicyclic amines) is 1. The molecule has 4 rings (SSSR count). The topological polar surface area (TPSA) is 140 Å². The fourth-order valence-electron chi connectivity index (χ4n) is 3.37. The molecule has 0 radical (unpaired) electrons. The van der Waals surface area contributed by atoms with Crippen molar-refractivity contribution in [2.24, 2.45) is 0 Å². The standard InChI is InChI=1S/C24H25N7O5/c1-14-10-27-20(12-25-14)29-22(32)15-7-16(35-19-5-6-31(4)24(19)34)9-17(8-15)36-21-13-26-18(11-28-21)23(33)30(2)3/h7-13,19H,5-6H2,1-4H3,(H,27,29,32)/t19-/m0/s1. The SMILES string of the molecule is Cc1cnc(NC(=O)c2cc(Oc3cnc(C(=O)N(C)C)cn3)cc(O[C@H]3CCN(C)C3=O)c2)cn1. The Morgan fingerprint density at radius 3 is 2.42 bits per heavy atom. The van der Waals surface area contributed by atoms with Crippen molar-refractivity contribution < 1.29 is 23.9 Å². The molecule has 3 heterocycles. The third-order valence-corrected chi connectivity index (χ3v) is 5.30. The molecule has 1 atom stereocenters. The summed E-state index contributed by atoms with van der Waals surface area (Å²) in [6.45, 7) is 2.36. The molecule has 36 heavy (non-hydrogen) atoms. The van der Waals surface area contributed by atoms with Crippen molar-refractivity contribution >= 4 is 23.5 Å². The first-order valence-electron chi connectivity index (χ1n) is 11.1. The number of aromatic nitrogens is 4. The molecule has 0 unspecified atom stereocenters. The van der Waals surface area contributed by atoms with E-state index in [0.29, 0.717) is 18.7 Å². The Kier molecular flexibility index (Phi) is 7.04. The molecule has 3 amide bonds. The highest BCUT2D eigenvalue weighted by Crippen LogP contribution is 2.29. The number of ether oxygens (including phenoxy) is 2. The molecule has 0 saturated carbocycles. The van der Waals surface area contributed by atoms with Gasteiger partial charge in [0.05, 0.1) is 30.5 Å². The fraction of sp³-hybridized carbons (Fsp3) is 0.292. The molecule has 2 aromatic heterocycles. The number of amides is 3. The Morgan fingerprint density at radius 1 is 1.03 bits per heavy atom. The lowest BCUT2D eigenvalue weighted by Crippen LogP contribution is -2.29. The number of nitrogens with zero attached hydrogens (tertiary/aromatic N) is 6. The van der Waals surface area contributed by atoms with Gasteiger partial charge in [0.15, 0.2) is 11.9 Å². The number of likely N-dealkylation sites (N-methyl/N-ethyl adjacent to an activating group) is 1. The van der Waals surface area contributed by atoms with Crippen LogP contribution >= 0.6 is 0 Å². The van der Waals surface area contributed by atoms with E-state index in [1.165, 1.54) is 41.8 Å². The summed E-state index contributed by atoms with van der Waals surface area (Å²) in [5.74, 6) is -0.0330. The molecule has 3 aromatic rings. The monoisotopic (exact) mass is 491 g/mol. The van der Waals surface area contributed by atoms with E-state index < -0.39 is 12.0 Å². The third-order valence-electron chi connectivity index (χ3n) is 5.30. The Morgan fingerprint density at radius 2 is 1.81 bits per heavy atom. The minimum absolute atomic E-state index is 0.106. The molecule has 186 valence electrons. The number of carbonyl (C=O) groups excluding carboxylic acids is 3. The van der Waals surface area contributed by atoms with Gasteiger partial charge in [-0.25, -0.2) is 15.0 Å². The highest BCUT2D eigenvalue weighted by molar-refractivity contribution is 6.04. The van der Waals surface area contributed by atoms with Gasteiger partial charge in [-0.05, 0) is 19.1 Å². The summed E-state index contributed by atoms with van der Waals surface area (Å²) in [6.07, 6.45) is 5.45. The zero-order valence-electron chi connectivity index (χ0n) is 20.3. The number of hydrogen-bond acceptors (Lipinski definition) is 9. The van der Waals surface area contributed by atoms with Gasteiger partial charge >= 0.3 is 0 Å². The van der Waals surface area contributed by atoms with E-state index in [2.05, 4.69) is 25.3 Å². The van der Waals surface area contributed by atoms with Gasteiger partial charge in [0.25, 0.3) is 17.7 Å². The normalized spacial score (nSPS) is 14.9. The van der Waals surface area contributed by atoms with E-state index in [1.807, 2.05) is 0 Å². The molecule has 1 fully saturated rings. The van der Waals surface area contributed by atoms with Crippen LogP contribution in [0.4, 0.5) is 5.82 Å². The molecule has 1 saturated heterocycles. The van der Waals surface area contributed by atoms with Crippen molar-refractivity contribution in [2.75, 3.05) is 33.0 Å². The maximum atomic E-state index is 13.0. The highest BCUT2D eigenvalue weighted by atomic mass is 16.5. The van der Waals surface area contributed by atoms with Crippen LogP contribution < -0.4 is 14.8 Å². The van der Waals surface area contributed by atoms with Gasteiger partial charge in [0.2, 0.25) is 5.88 Å². The molecule has 0 bridgehead atoms. The second-order valence-corrected chi connectivity index (χ2v) is 8.39. The van der Waals surface area contributed by atoms with E-state index >= 15 is 0 Å². The fourth-order valence-corrected chi connectivity index (χ4v) is 3.37. The minimum Gasteiger partial charge on any atom is -0.480 e. The maximum Gasteiger partial charge on any atom is 0.273 e. The summed E-state index contributed by atoms with van der Waals surface area (Å²) in [7, 11) is 4.93. The second kappa shape index (κ2) is 10.3. The van der Waals surface area contributed by atoms with Crippen LogP contribution in [0, 0.1) is 6.92 Å². The Hall–Kier alpha value is -4.61. The average Bonchev–Trinajstić information content (AvgIpc) is 3.17. The first-order valence-corrected chi connectivity index (χ1v) is 11.1. The van der Waals surface area contributed by atoms with Gasteiger partial charge in [0, 0.05) is 45.7 Å². The van der Waals surface area contributed by atoms with Crippen LogP contribution in [-0.2, 0) is 4.79 Å². The van der Waals surface area contributed by atoms with Crippen molar-refractivity contribution in [3.8, 4) is 17.4 Å². The van der Waals surface area contributed by atoms with E-state index in [-0.39, 0.29) is 46.3 Å². The largest absolute Gasteiger partial charge is 0.480 e. The summed E-state index contributed by atoms with van der Waals surface area (Å²) >= 11 is 0. The van der Waals surface area contributed by atoms with Crippen molar-refractivity contribution in [1.82, 2.24) is 29.7 Å². The molecule has 12 nitrogen and oxygen atoms in total. The first-order chi connectivity index (χ1) is 17.2. The van der Waals surface area contributed by atoms with Crippen LogP contribution in [0.5, 0.6) is 17.4 Å². The molecule has 1 aromatic carbocycles. The second-order valence-electron chi connectivity index (χ2n) is 8.39. The van der Waals surface area contributed by atoms with E-state index in [0.717, 1.165) is 0 Å². The third kappa shape index (κ3) is 5.71. The lowest BCUT2D eigenvalue weighted by atomic mass is 10.2. The van der Waals surface area contributed by atoms with Crippen molar-refractivity contribution in [3.63, 3.8) is 0 Å². The molecule has 1 N–H and O–H groups in total. The first kappa shape index (κ1) is 24.5. The number of benzene rings is 1. The zero-order valence-corrected chi connectivity index (χ0v) is 20.3.